The first-order chi connectivity index (χ1) is 11.6. The van der Waals surface area contributed by atoms with Crippen molar-refractivity contribution in [1.29, 1.82) is 0 Å². The summed E-state index contributed by atoms with van der Waals surface area (Å²) in [6.45, 7) is 0.908. The lowest BCUT2D eigenvalue weighted by atomic mass is 10.1. The van der Waals surface area contributed by atoms with Crippen LogP contribution in [0.1, 0.15) is 26.2 Å². The molecule has 25 heavy (non-hydrogen) atoms. The summed E-state index contributed by atoms with van der Waals surface area (Å²) < 4.78 is 54.7. The average Bonchev–Trinajstić information content (AvgIpc) is 2.51. The summed E-state index contributed by atoms with van der Waals surface area (Å²) >= 11 is 5.70. The minimum atomic E-state index is -4.78. The molecule has 1 aliphatic rings. The molecule has 11 heteroatoms. The molecule has 0 bridgehead atoms. The van der Waals surface area contributed by atoms with Crippen molar-refractivity contribution in [2.75, 3.05) is 11.9 Å². The number of carboxylic acids is 1. The largest absolute Gasteiger partial charge is 0.480 e. The Balaban J connectivity index is 2.58. The Morgan fingerprint density at radius 2 is 2.00 bits per heavy atom. The van der Waals surface area contributed by atoms with Crippen LogP contribution in [-0.2, 0) is 19.6 Å². The molecule has 1 fully saturated rings. The molecule has 1 unspecified atom stereocenters. The number of benzene rings is 1. The van der Waals surface area contributed by atoms with Gasteiger partial charge in [-0.2, -0.15) is 4.31 Å². The van der Waals surface area contributed by atoms with Crippen LogP contribution in [0.15, 0.2) is 11.0 Å². The van der Waals surface area contributed by atoms with E-state index < -0.39 is 55.2 Å². The lowest BCUT2D eigenvalue weighted by Crippen LogP contribution is -2.48. The summed E-state index contributed by atoms with van der Waals surface area (Å²) in [4.78, 5) is 21.0. The van der Waals surface area contributed by atoms with Crippen LogP contribution in [0, 0.1) is 11.6 Å². The Morgan fingerprint density at radius 3 is 2.56 bits per heavy atom. The van der Waals surface area contributed by atoms with Gasteiger partial charge in [-0.3, -0.25) is 9.59 Å². The summed E-state index contributed by atoms with van der Waals surface area (Å²) in [7, 11) is -4.78. The normalized spacial score (nSPS) is 18.8. The molecule has 1 aliphatic heterocycles. The topological polar surface area (TPSA) is 104 Å². The summed E-state index contributed by atoms with van der Waals surface area (Å²) in [5, 5.41) is 10.5. The zero-order chi connectivity index (χ0) is 18.9. The van der Waals surface area contributed by atoms with Gasteiger partial charge in [0.25, 0.3) is 0 Å². The molecular formula is C14H15ClF2N2O5S. The maximum absolute atomic E-state index is 14.5. The zero-order valence-corrected chi connectivity index (χ0v) is 14.6. The molecule has 0 aliphatic carbocycles. The molecule has 1 aromatic rings. The van der Waals surface area contributed by atoms with Crippen LogP contribution in [0.25, 0.3) is 0 Å². The van der Waals surface area contributed by atoms with E-state index in [1.165, 1.54) is 0 Å². The van der Waals surface area contributed by atoms with Crippen molar-refractivity contribution in [1.82, 2.24) is 4.31 Å². The van der Waals surface area contributed by atoms with Crippen molar-refractivity contribution in [3.63, 3.8) is 0 Å². The molecule has 1 amide bonds. The fourth-order valence-corrected chi connectivity index (χ4v) is 4.67. The highest BCUT2D eigenvalue weighted by Crippen LogP contribution is 2.35. The van der Waals surface area contributed by atoms with Gasteiger partial charge < -0.3 is 10.4 Å². The highest BCUT2D eigenvalue weighted by atomic mass is 35.5. The van der Waals surface area contributed by atoms with E-state index in [0.717, 1.165) is 6.92 Å². The fraction of sp³-hybridized carbons (Fsp3) is 0.429. The summed E-state index contributed by atoms with van der Waals surface area (Å²) in [6, 6.07) is -0.828. The van der Waals surface area contributed by atoms with Crippen molar-refractivity contribution in [3.05, 3.63) is 22.7 Å². The number of nitrogens with one attached hydrogen (secondary N) is 1. The van der Waals surface area contributed by atoms with Gasteiger partial charge >= 0.3 is 5.97 Å². The molecule has 0 spiro atoms. The number of piperidine rings is 1. The third-order valence-corrected chi connectivity index (χ3v) is 6.05. The first kappa shape index (κ1) is 19.5. The number of hydrogen-bond acceptors (Lipinski definition) is 4. The van der Waals surface area contributed by atoms with Crippen LogP contribution < -0.4 is 5.32 Å². The Bertz CT molecular complexity index is 831. The van der Waals surface area contributed by atoms with Gasteiger partial charge in [-0.25, -0.2) is 17.2 Å². The van der Waals surface area contributed by atoms with Crippen molar-refractivity contribution < 1.29 is 31.9 Å². The van der Waals surface area contributed by atoms with Crippen LogP contribution in [0.4, 0.5) is 14.5 Å². The minimum absolute atomic E-state index is 0.0372. The standard InChI is InChI=1S/C14H15ClF2N2O5S/c1-7(20)18-9-6-8(16)13(12(17)11(9)15)25(23,24)19-5-3-2-4-10(19)14(21)22/h6,10H,2-5H2,1H3,(H,18,20)(H,21,22). The van der Waals surface area contributed by atoms with Gasteiger partial charge in [0, 0.05) is 19.5 Å². The third kappa shape index (κ3) is 3.75. The Labute approximate surface area is 147 Å². The van der Waals surface area contributed by atoms with Gasteiger partial charge in [0.2, 0.25) is 15.9 Å². The van der Waals surface area contributed by atoms with E-state index in [-0.39, 0.29) is 13.0 Å². The van der Waals surface area contributed by atoms with Gasteiger partial charge in [0.1, 0.15) is 16.9 Å². The van der Waals surface area contributed by atoms with Crippen LogP contribution in [0.2, 0.25) is 5.02 Å². The monoisotopic (exact) mass is 396 g/mol. The van der Waals surface area contributed by atoms with Crippen LogP contribution in [-0.4, -0.2) is 42.3 Å². The number of carbonyl (C=O) groups excluding carboxylic acids is 1. The molecule has 2 rings (SSSR count). The highest BCUT2D eigenvalue weighted by molar-refractivity contribution is 7.89. The predicted octanol–water partition coefficient (Wildman–Crippen LogP) is 2.20. The van der Waals surface area contributed by atoms with Gasteiger partial charge in [-0.15, -0.1) is 0 Å². The predicted molar refractivity (Wildman–Crippen MR) is 84.8 cm³/mol. The molecular weight excluding hydrogens is 382 g/mol. The molecule has 1 heterocycles. The SMILES string of the molecule is CC(=O)Nc1cc(F)c(S(=O)(=O)N2CCCCC2C(=O)O)c(F)c1Cl. The maximum atomic E-state index is 14.5. The van der Waals surface area contributed by atoms with Gasteiger partial charge in [0.15, 0.2) is 10.7 Å². The molecule has 0 radical (unpaired) electrons. The van der Waals surface area contributed by atoms with Crippen LogP contribution >= 0.6 is 11.6 Å². The van der Waals surface area contributed by atoms with Gasteiger partial charge in [-0.1, -0.05) is 11.6 Å². The summed E-state index contributed by atoms with van der Waals surface area (Å²) in [5.74, 6) is -5.11. The molecule has 7 nitrogen and oxygen atoms in total. The molecule has 0 saturated carbocycles. The molecule has 1 saturated heterocycles. The smallest absolute Gasteiger partial charge is 0.322 e. The second-order valence-corrected chi connectivity index (χ2v) is 7.72. The minimum Gasteiger partial charge on any atom is -0.480 e. The number of anilines is 1. The van der Waals surface area contributed by atoms with E-state index in [9.17, 15) is 31.9 Å². The van der Waals surface area contributed by atoms with Gasteiger partial charge in [0.05, 0.1) is 5.69 Å². The van der Waals surface area contributed by atoms with Crippen molar-refractivity contribution >= 4 is 39.2 Å². The number of carboxylic acid groups (broad SMARTS) is 1. The second-order valence-electron chi connectivity index (χ2n) is 5.51. The van der Waals surface area contributed by atoms with E-state index in [4.69, 9.17) is 11.6 Å². The highest BCUT2D eigenvalue weighted by Gasteiger charge is 2.41. The lowest BCUT2D eigenvalue weighted by molar-refractivity contribution is -0.142. The average molecular weight is 397 g/mol. The van der Waals surface area contributed by atoms with E-state index >= 15 is 0 Å². The zero-order valence-electron chi connectivity index (χ0n) is 13.1. The number of hydrogen-bond donors (Lipinski definition) is 2. The first-order valence-corrected chi connectivity index (χ1v) is 9.09. The molecule has 1 aromatic carbocycles. The van der Waals surface area contributed by atoms with Crippen molar-refractivity contribution in [3.8, 4) is 0 Å². The van der Waals surface area contributed by atoms with Crippen LogP contribution in [0.5, 0.6) is 0 Å². The Kier molecular flexibility index (Phi) is 5.65. The first-order valence-electron chi connectivity index (χ1n) is 7.27. The second kappa shape index (κ2) is 7.22. The van der Waals surface area contributed by atoms with Gasteiger partial charge in [-0.05, 0) is 19.3 Å². The molecule has 2 N–H and O–H groups in total. The Morgan fingerprint density at radius 1 is 1.36 bits per heavy atom. The number of sulfonamides is 1. The van der Waals surface area contributed by atoms with Crippen molar-refractivity contribution in [2.45, 2.75) is 37.1 Å². The number of amides is 1. The number of carbonyl (C=O) groups is 2. The number of rotatable bonds is 4. The van der Waals surface area contributed by atoms with Crippen molar-refractivity contribution in [2.24, 2.45) is 0 Å². The molecule has 138 valence electrons. The molecule has 1 atom stereocenters. The Hall–Kier alpha value is -1.78. The van der Waals surface area contributed by atoms with E-state index in [2.05, 4.69) is 5.32 Å². The lowest BCUT2D eigenvalue weighted by Gasteiger charge is -2.32. The molecule has 0 aromatic heterocycles. The quantitative estimate of drug-likeness (QED) is 0.759. The summed E-state index contributed by atoms with van der Waals surface area (Å²) in [6.07, 6.45) is 0.885. The maximum Gasteiger partial charge on any atom is 0.322 e. The van der Waals surface area contributed by atoms with Crippen LogP contribution in [0.3, 0.4) is 0 Å². The number of halogens is 3. The van der Waals surface area contributed by atoms with E-state index in [0.29, 0.717) is 23.2 Å². The fourth-order valence-electron chi connectivity index (χ4n) is 2.65. The third-order valence-electron chi connectivity index (χ3n) is 3.73. The van der Waals surface area contributed by atoms with E-state index in [1.807, 2.05) is 0 Å². The number of nitrogens with zero attached hydrogens (tertiary/aromatic N) is 1. The number of aliphatic carboxylic acids is 1. The summed E-state index contributed by atoms with van der Waals surface area (Å²) in [5.41, 5.74) is -0.420. The van der Waals surface area contributed by atoms with E-state index in [1.54, 1.807) is 0 Å².